The van der Waals surface area contributed by atoms with Gasteiger partial charge in [0.05, 0.1) is 11.5 Å². The number of halogens is 3. The van der Waals surface area contributed by atoms with Crippen LogP contribution in [0.5, 0.6) is 0 Å². The molecule has 0 radical (unpaired) electrons. The lowest BCUT2D eigenvalue weighted by molar-refractivity contribution is -0.192. The molecule has 0 bridgehead atoms. The minimum absolute atomic E-state index is 0.0698. The molecular weight excluding hydrogens is 415 g/mol. The van der Waals surface area contributed by atoms with Gasteiger partial charge in [0, 0.05) is 30.6 Å². The average Bonchev–Trinajstić information content (AvgIpc) is 3.34. The first-order valence-corrected chi connectivity index (χ1v) is 9.83. The molecule has 2 fully saturated rings. The molecule has 2 saturated heterocycles. The molecule has 1 aromatic heterocycles. The summed E-state index contributed by atoms with van der Waals surface area (Å²) in [5.41, 5.74) is 0. The normalized spacial score (nSPS) is 19.2. The van der Waals surface area contributed by atoms with Gasteiger partial charge < -0.3 is 25.4 Å². The molecule has 8 nitrogen and oxygen atoms in total. The number of carboxylic acids is 1. The van der Waals surface area contributed by atoms with Crippen molar-refractivity contribution < 1.29 is 37.4 Å². The van der Waals surface area contributed by atoms with Crippen molar-refractivity contribution in [2.45, 2.75) is 31.5 Å². The van der Waals surface area contributed by atoms with Gasteiger partial charge in [-0.2, -0.15) is 13.2 Å². The zero-order valence-electron chi connectivity index (χ0n) is 15.5. The second-order valence-electron chi connectivity index (χ2n) is 6.36. The first-order valence-electron chi connectivity index (χ1n) is 9.01. The summed E-state index contributed by atoms with van der Waals surface area (Å²) in [7, 11) is 0. The Hall–Kier alpha value is -2.34. The number of amides is 2. The predicted molar refractivity (Wildman–Crippen MR) is 97.9 cm³/mol. The molecule has 162 valence electrons. The number of nitrogens with zero attached hydrogens (tertiary/aromatic N) is 1. The first-order chi connectivity index (χ1) is 13.7. The van der Waals surface area contributed by atoms with Gasteiger partial charge in [0.1, 0.15) is 0 Å². The van der Waals surface area contributed by atoms with Crippen LogP contribution in [-0.4, -0.2) is 66.9 Å². The van der Waals surface area contributed by atoms with E-state index in [1.165, 1.54) is 11.3 Å². The Bertz CT molecular complexity index is 719. The number of carbonyl (C=O) groups is 3. The summed E-state index contributed by atoms with van der Waals surface area (Å²) in [6.45, 7) is 3.19. The summed E-state index contributed by atoms with van der Waals surface area (Å²) in [4.78, 5) is 36.1. The number of carbonyl (C=O) groups excluding carboxylic acids is 2. The molecule has 12 heteroatoms. The van der Waals surface area contributed by atoms with Gasteiger partial charge in [-0.25, -0.2) is 9.59 Å². The van der Waals surface area contributed by atoms with Crippen molar-refractivity contribution in [3.8, 4) is 0 Å². The van der Waals surface area contributed by atoms with E-state index in [1.807, 2.05) is 12.1 Å². The fourth-order valence-electron chi connectivity index (χ4n) is 2.78. The van der Waals surface area contributed by atoms with E-state index in [-0.39, 0.29) is 12.0 Å². The number of thiophene rings is 1. The zero-order chi connectivity index (χ0) is 21.4. The fourth-order valence-corrected chi connectivity index (χ4v) is 3.82. The van der Waals surface area contributed by atoms with Crippen molar-refractivity contribution in [3.05, 3.63) is 21.9 Å². The molecule has 1 atom stereocenters. The summed E-state index contributed by atoms with van der Waals surface area (Å²) >= 11 is 1.55. The van der Waals surface area contributed by atoms with E-state index in [0.29, 0.717) is 32.3 Å². The Morgan fingerprint density at radius 3 is 2.66 bits per heavy atom. The third-order valence-corrected chi connectivity index (χ3v) is 5.42. The lowest BCUT2D eigenvalue weighted by Crippen LogP contribution is -2.42. The maximum absolute atomic E-state index is 12.1. The van der Waals surface area contributed by atoms with Crippen LogP contribution in [0.4, 0.5) is 18.0 Å². The van der Waals surface area contributed by atoms with Crippen molar-refractivity contribution in [2.75, 3.05) is 32.8 Å². The monoisotopic (exact) mass is 437 g/mol. The zero-order valence-corrected chi connectivity index (χ0v) is 16.3. The number of aliphatic carboxylic acids is 1. The van der Waals surface area contributed by atoms with Crippen molar-refractivity contribution in [2.24, 2.45) is 0 Å². The molecule has 2 aliphatic rings. The second kappa shape index (κ2) is 10.4. The Balaban J connectivity index is 0.000000370. The molecule has 1 aromatic rings. The van der Waals surface area contributed by atoms with Crippen molar-refractivity contribution in [3.63, 3.8) is 0 Å². The van der Waals surface area contributed by atoms with Crippen molar-refractivity contribution >= 4 is 29.3 Å². The molecule has 29 heavy (non-hydrogen) atoms. The van der Waals surface area contributed by atoms with Crippen LogP contribution in [0.25, 0.3) is 0 Å². The molecular formula is C17H22F3N3O5S. The van der Waals surface area contributed by atoms with E-state index in [4.69, 9.17) is 14.6 Å². The van der Waals surface area contributed by atoms with Gasteiger partial charge in [0.15, 0.2) is 0 Å². The molecule has 0 aliphatic carbocycles. The van der Waals surface area contributed by atoms with Gasteiger partial charge in [0.25, 0.3) is 5.91 Å². The standard InChI is InChI=1S/C15H21N3O3S.C2HF3O2/c19-14(17-7-9-18-8-2-10-21-15(18)20)13-5-4-12(22-13)11-3-1-6-16-11;3-2(4,5)1(6)7/h4-5,11,16H,1-3,6-10H2,(H,17,19);(H,6,7). The number of cyclic esters (lactones) is 1. The summed E-state index contributed by atoms with van der Waals surface area (Å²) < 4.78 is 36.7. The highest BCUT2D eigenvalue weighted by Gasteiger charge is 2.38. The molecule has 3 rings (SSSR count). The predicted octanol–water partition coefficient (Wildman–Crippen LogP) is 2.38. The molecule has 2 amide bonds. The Morgan fingerprint density at radius 1 is 1.34 bits per heavy atom. The number of alkyl halides is 3. The molecule has 0 saturated carbocycles. The molecule has 3 N–H and O–H groups in total. The quantitative estimate of drug-likeness (QED) is 0.653. The third kappa shape index (κ3) is 7.20. The van der Waals surface area contributed by atoms with Gasteiger partial charge in [-0.05, 0) is 37.9 Å². The van der Waals surface area contributed by atoms with Crippen LogP contribution in [0.15, 0.2) is 12.1 Å². The van der Waals surface area contributed by atoms with Gasteiger partial charge in [0.2, 0.25) is 0 Å². The number of nitrogens with one attached hydrogen (secondary N) is 2. The number of hydrogen-bond acceptors (Lipinski definition) is 6. The lowest BCUT2D eigenvalue weighted by atomic mass is 10.2. The van der Waals surface area contributed by atoms with Gasteiger partial charge in [-0.15, -0.1) is 11.3 Å². The van der Waals surface area contributed by atoms with Crippen LogP contribution in [0, 0.1) is 0 Å². The molecule has 2 aliphatic heterocycles. The number of carboxylic acid groups (broad SMARTS) is 1. The minimum atomic E-state index is -5.08. The maximum atomic E-state index is 12.1. The summed E-state index contributed by atoms with van der Waals surface area (Å²) in [5.74, 6) is -2.83. The smallest absolute Gasteiger partial charge is 0.475 e. The van der Waals surface area contributed by atoms with E-state index in [2.05, 4.69) is 10.6 Å². The fraction of sp³-hybridized carbons (Fsp3) is 0.588. The maximum Gasteiger partial charge on any atom is 0.490 e. The molecule has 0 spiro atoms. The van der Waals surface area contributed by atoms with Crippen LogP contribution >= 0.6 is 11.3 Å². The highest BCUT2D eigenvalue weighted by Crippen LogP contribution is 2.29. The summed E-state index contributed by atoms with van der Waals surface area (Å²) in [6.07, 6.45) is -2.19. The SMILES string of the molecule is O=C(NCCN1CCCOC1=O)c1ccc(C2CCCN2)s1.O=C(O)C(F)(F)F. The van der Waals surface area contributed by atoms with Gasteiger partial charge >= 0.3 is 18.2 Å². The lowest BCUT2D eigenvalue weighted by Gasteiger charge is -2.26. The van der Waals surface area contributed by atoms with E-state index >= 15 is 0 Å². The van der Waals surface area contributed by atoms with Crippen LogP contribution < -0.4 is 10.6 Å². The summed E-state index contributed by atoms with van der Waals surface area (Å²) in [6, 6.07) is 4.31. The number of ether oxygens (including phenoxy) is 1. The van der Waals surface area contributed by atoms with E-state index in [9.17, 15) is 22.8 Å². The largest absolute Gasteiger partial charge is 0.490 e. The first kappa shape index (κ1) is 22.9. The van der Waals surface area contributed by atoms with Crippen molar-refractivity contribution in [1.82, 2.24) is 15.5 Å². The molecule has 0 aromatic carbocycles. The third-order valence-electron chi connectivity index (χ3n) is 4.22. The molecule has 1 unspecified atom stereocenters. The van der Waals surface area contributed by atoms with Gasteiger partial charge in [-0.1, -0.05) is 0 Å². The average molecular weight is 437 g/mol. The Labute approximate surface area is 169 Å². The van der Waals surface area contributed by atoms with Crippen LogP contribution in [0.3, 0.4) is 0 Å². The minimum Gasteiger partial charge on any atom is -0.475 e. The topological polar surface area (TPSA) is 108 Å². The van der Waals surface area contributed by atoms with E-state index in [0.717, 1.165) is 24.3 Å². The van der Waals surface area contributed by atoms with Crippen LogP contribution in [-0.2, 0) is 9.53 Å². The number of rotatable bonds is 5. The van der Waals surface area contributed by atoms with Crippen LogP contribution in [0.1, 0.15) is 39.9 Å². The summed E-state index contributed by atoms with van der Waals surface area (Å²) in [5, 5.41) is 13.4. The van der Waals surface area contributed by atoms with E-state index in [1.54, 1.807) is 16.2 Å². The van der Waals surface area contributed by atoms with Crippen molar-refractivity contribution in [1.29, 1.82) is 0 Å². The van der Waals surface area contributed by atoms with Crippen LogP contribution in [0.2, 0.25) is 0 Å². The number of hydrogen-bond donors (Lipinski definition) is 3. The highest BCUT2D eigenvalue weighted by molar-refractivity contribution is 7.14. The Morgan fingerprint density at radius 2 is 2.07 bits per heavy atom. The van der Waals surface area contributed by atoms with E-state index < -0.39 is 12.1 Å². The molecule has 3 heterocycles. The Kier molecular flexibility index (Phi) is 8.26. The second-order valence-corrected chi connectivity index (χ2v) is 7.48. The van der Waals surface area contributed by atoms with Gasteiger partial charge in [-0.3, -0.25) is 4.79 Å². The highest BCUT2D eigenvalue weighted by atomic mass is 32.1.